The lowest BCUT2D eigenvalue weighted by molar-refractivity contribution is 0.301. The molecule has 0 unspecified atom stereocenters. The molecule has 0 radical (unpaired) electrons. The van der Waals surface area contributed by atoms with E-state index in [-0.39, 0.29) is 0 Å². The van der Waals surface area contributed by atoms with Gasteiger partial charge in [0.05, 0.1) is 30.6 Å². The number of furan rings is 1. The summed E-state index contributed by atoms with van der Waals surface area (Å²) in [6.45, 7) is 0.311. The molecule has 0 N–H and O–H groups in total. The standard InChI is InChI=1S/C22H16N6O3S/c1-29-22-25-27-12-17(24-21(27)32-22)20-10-16-18(8-5-9-19(16)31-20)30-13-15-11-23-26-28(15)14-6-3-2-4-7-14/h2-12H,13H2,1H3. The van der Waals surface area contributed by atoms with Gasteiger partial charge in [-0.05, 0) is 41.7 Å². The highest BCUT2D eigenvalue weighted by Crippen LogP contribution is 2.34. The van der Waals surface area contributed by atoms with Gasteiger partial charge in [0, 0.05) is 0 Å². The molecule has 4 aromatic heterocycles. The Balaban J connectivity index is 1.29. The Morgan fingerprint density at radius 3 is 2.84 bits per heavy atom. The van der Waals surface area contributed by atoms with Crippen LogP contribution in [0.5, 0.6) is 10.9 Å². The smallest absolute Gasteiger partial charge is 0.294 e. The maximum atomic E-state index is 6.14. The quantitative estimate of drug-likeness (QED) is 0.377. The van der Waals surface area contributed by atoms with E-state index in [1.54, 1.807) is 22.5 Å². The highest BCUT2D eigenvalue weighted by Gasteiger charge is 2.16. The first-order chi connectivity index (χ1) is 15.8. The van der Waals surface area contributed by atoms with E-state index in [0.29, 0.717) is 34.6 Å². The van der Waals surface area contributed by atoms with Gasteiger partial charge >= 0.3 is 0 Å². The third-order valence-corrected chi connectivity index (χ3v) is 5.85. The third-order valence-electron chi connectivity index (χ3n) is 4.97. The van der Waals surface area contributed by atoms with Crippen LogP contribution in [0.25, 0.3) is 33.1 Å². The van der Waals surface area contributed by atoms with Crippen molar-refractivity contribution >= 4 is 27.3 Å². The number of fused-ring (bicyclic) bond motifs is 2. The first kappa shape index (κ1) is 18.6. The average molecular weight is 444 g/mol. The molecule has 0 aliphatic heterocycles. The van der Waals surface area contributed by atoms with E-state index in [2.05, 4.69) is 20.4 Å². The van der Waals surface area contributed by atoms with Crippen LogP contribution in [0.4, 0.5) is 0 Å². The first-order valence-electron chi connectivity index (χ1n) is 9.79. The van der Waals surface area contributed by atoms with Crippen LogP contribution in [0, 0.1) is 0 Å². The van der Waals surface area contributed by atoms with E-state index in [1.165, 1.54) is 11.3 Å². The van der Waals surface area contributed by atoms with Crippen LogP contribution < -0.4 is 9.47 Å². The predicted octanol–water partition coefficient (Wildman–Crippen LogP) is 4.37. The molecule has 32 heavy (non-hydrogen) atoms. The van der Waals surface area contributed by atoms with Gasteiger partial charge < -0.3 is 13.9 Å². The van der Waals surface area contributed by atoms with Gasteiger partial charge in [0.1, 0.15) is 29.3 Å². The normalized spacial score (nSPS) is 11.4. The van der Waals surface area contributed by atoms with E-state index in [4.69, 9.17) is 13.9 Å². The molecular weight excluding hydrogens is 428 g/mol. The van der Waals surface area contributed by atoms with Crippen molar-refractivity contribution in [2.24, 2.45) is 0 Å². The van der Waals surface area contributed by atoms with Crippen molar-refractivity contribution in [1.82, 2.24) is 29.6 Å². The summed E-state index contributed by atoms with van der Waals surface area (Å²) < 4.78 is 20.8. The fourth-order valence-corrected chi connectivity index (χ4v) is 4.16. The fraction of sp³-hybridized carbons (Fsp3) is 0.0909. The number of benzene rings is 2. The van der Waals surface area contributed by atoms with Crippen molar-refractivity contribution in [2.75, 3.05) is 7.11 Å². The van der Waals surface area contributed by atoms with Crippen LogP contribution in [0.15, 0.2) is 71.4 Å². The monoisotopic (exact) mass is 444 g/mol. The molecule has 158 valence electrons. The van der Waals surface area contributed by atoms with Crippen molar-refractivity contribution in [3.8, 4) is 28.1 Å². The summed E-state index contributed by atoms with van der Waals surface area (Å²) in [5.74, 6) is 1.35. The molecule has 10 heteroatoms. The van der Waals surface area contributed by atoms with Crippen molar-refractivity contribution in [2.45, 2.75) is 6.61 Å². The molecule has 0 fully saturated rings. The number of nitrogens with zero attached hydrogens (tertiary/aromatic N) is 6. The Kier molecular flexibility index (Phi) is 4.36. The van der Waals surface area contributed by atoms with Gasteiger partial charge in [-0.15, -0.1) is 10.2 Å². The van der Waals surface area contributed by atoms with E-state index in [9.17, 15) is 0 Å². The second-order valence-electron chi connectivity index (χ2n) is 6.97. The zero-order valence-electron chi connectivity index (χ0n) is 16.9. The lowest BCUT2D eigenvalue weighted by atomic mass is 10.2. The number of para-hydroxylation sites is 1. The van der Waals surface area contributed by atoms with E-state index < -0.39 is 0 Å². The SMILES string of the molecule is COc1nn2cc(-c3cc4c(OCc5cnnn5-c5ccccc5)cccc4o3)nc2s1. The van der Waals surface area contributed by atoms with Crippen LogP contribution in [0.2, 0.25) is 0 Å². The molecule has 0 spiro atoms. The molecule has 9 nitrogen and oxygen atoms in total. The molecular formula is C22H16N6O3S. The van der Waals surface area contributed by atoms with Crippen LogP contribution in [-0.2, 0) is 6.61 Å². The maximum absolute atomic E-state index is 6.14. The highest BCUT2D eigenvalue weighted by molar-refractivity contribution is 7.18. The van der Waals surface area contributed by atoms with Crippen LogP contribution in [-0.4, -0.2) is 36.7 Å². The summed E-state index contributed by atoms with van der Waals surface area (Å²) >= 11 is 1.37. The van der Waals surface area contributed by atoms with Gasteiger partial charge in [0.15, 0.2) is 5.76 Å². The summed E-state index contributed by atoms with van der Waals surface area (Å²) in [5, 5.41) is 13.9. The first-order valence-corrected chi connectivity index (χ1v) is 10.6. The zero-order chi connectivity index (χ0) is 21.5. The van der Waals surface area contributed by atoms with Gasteiger partial charge in [-0.3, -0.25) is 0 Å². The van der Waals surface area contributed by atoms with Gasteiger partial charge in [0.25, 0.3) is 5.19 Å². The fourth-order valence-electron chi connectivity index (χ4n) is 3.46. The topological polar surface area (TPSA) is 92.5 Å². The summed E-state index contributed by atoms with van der Waals surface area (Å²) in [4.78, 5) is 5.32. The summed E-state index contributed by atoms with van der Waals surface area (Å²) in [6, 6.07) is 17.5. The van der Waals surface area contributed by atoms with Gasteiger partial charge in [-0.2, -0.15) is 0 Å². The molecule has 6 rings (SSSR count). The Bertz CT molecular complexity index is 1500. The lowest BCUT2D eigenvalue weighted by Gasteiger charge is -2.08. The zero-order valence-corrected chi connectivity index (χ0v) is 17.7. The van der Waals surface area contributed by atoms with Crippen molar-refractivity contribution in [1.29, 1.82) is 0 Å². The minimum absolute atomic E-state index is 0.311. The largest absolute Gasteiger partial charge is 0.486 e. The minimum Gasteiger partial charge on any atom is -0.486 e. The predicted molar refractivity (Wildman–Crippen MR) is 118 cm³/mol. The second-order valence-corrected chi connectivity index (χ2v) is 7.88. The number of rotatable bonds is 6. The molecule has 0 aliphatic rings. The number of aromatic nitrogens is 6. The molecule has 0 atom stereocenters. The Morgan fingerprint density at radius 1 is 1.09 bits per heavy atom. The highest BCUT2D eigenvalue weighted by atomic mass is 32.1. The molecule has 0 saturated carbocycles. The van der Waals surface area contributed by atoms with Gasteiger partial charge in [-0.25, -0.2) is 14.2 Å². The maximum Gasteiger partial charge on any atom is 0.294 e. The molecule has 4 heterocycles. The van der Waals surface area contributed by atoms with Gasteiger partial charge in [0.2, 0.25) is 4.96 Å². The van der Waals surface area contributed by atoms with Crippen molar-refractivity contribution in [3.63, 3.8) is 0 Å². The molecule has 0 bridgehead atoms. The second kappa shape index (κ2) is 7.50. The summed E-state index contributed by atoms with van der Waals surface area (Å²) in [6.07, 6.45) is 3.52. The van der Waals surface area contributed by atoms with Crippen molar-refractivity contribution < 1.29 is 13.9 Å². The number of methoxy groups -OCH3 is 1. The van der Waals surface area contributed by atoms with Crippen LogP contribution in [0.1, 0.15) is 5.69 Å². The van der Waals surface area contributed by atoms with Crippen molar-refractivity contribution in [3.05, 3.63) is 72.7 Å². The third kappa shape index (κ3) is 3.17. The Labute approximate surface area is 185 Å². The Hall–Kier alpha value is -4.18. The number of imidazole rings is 1. The van der Waals surface area contributed by atoms with E-state index in [0.717, 1.165) is 21.7 Å². The molecule has 0 saturated heterocycles. The molecule has 2 aromatic carbocycles. The molecule has 0 amide bonds. The summed E-state index contributed by atoms with van der Waals surface area (Å²) in [7, 11) is 1.59. The van der Waals surface area contributed by atoms with Crippen LogP contribution >= 0.6 is 11.3 Å². The average Bonchev–Trinajstić information content (AvgIpc) is 3.60. The molecule has 0 aliphatic carbocycles. The van der Waals surface area contributed by atoms with E-state index in [1.807, 2.05) is 60.8 Å². The van der Waals surface area contributed by atoms with Crippen LogP contribution in [0.3, 0.4) is 0 Å². The number of ether oxygens (including phenoxy) is 2. The van der Waals surface area contributed by atoms with E-state index >= 15 is 0 Å². The Morgan fingerprint density at radius 2 is 2.00 bits per heavy atom. The lowest BCUT2D eigenvalue weighted by Crippen LogP contribution is -2.05. The summed E-state index contributed by atoms with van der Waals surface area (Å²) in [5.41, 5.74) is 3.18. The molecule has 6 aromatic rings. The van der Waals surface area contributed by atoms with Gasteiger partial charge in [-0.1, -0.05) is 29.5 Å². The minimum atomic E-state index is 0.311. The number of hydrogen-bond acceptors (Lipinski definition) is 8. The number of hydrogen-bond donors (Lipinski definition) is 0.